The van der Waals surface area contributed by atoms with Gasteiger partial charge in [-0.25, -0.2) is 4.79 Å². The largest absolute Gasteiger partial charge is 0.497 e. The molecular weight excluding hydrogens is 280 g/mol. The Hall–Kier alpha value is -2.62. The number of ether oxygens (including phenoxy) is 2. The van der Waals surface area contributed by atoms with Crippen molar-refractivity contribution in [2.24, 2.45) is 0 Å². The van der Waals surface area contributed by atoms with Gasteiger partial charge in [-0.15, -0.1) is 0 Å². The zero-order chi connectivity index (χ0) is 16.5. The molecule has 22 heavy (non-hydrogen) atoms. The molecule has 0 radical (unpaired) electrons. The lowest BCUT2D eigenvalue weighted by molar-refractivity contribution is -0.115. The van der Waals surface area contributed by atoms with Gasteiger partial charge in [0, 0.05) is 12.0 Å². The number of hydrogen-bond acceptors (Lipinski definition) is 4. The molecular formula is C18H20O4. The van der Waals surface area contributed by atoms with Crippen molar-refractivity contribution in [3.8, 4) is 5.75 Å². The fraction of sp³-hybridized carbons (Fsp3) is 0.222. The third kappa shape index (κ3) is 5.40. The molecule has 116 valence electrons. The van der Waals surface area contributed by atoms with Crippen LogP contribution in [0, 0.1) is 0 Å². The monoisotopic (exact) mass is 300 g/mol. The van der Waals surface area contributed by atoms with Crippen LogP contribution in [0.4, 0.5) is 0 Å². The molecule has 0 amide bonds. The van der Waals surface area contributed by atoms with Gasteiger partial charge in [0.05, 0.1) is 12.7 Å². The zero-order valence-corrected chi connectivity index (χ0v) is 12.9. The Kier molecular flexibility index (Phi) is 6.83. The van der Waals surface area contributed by atoms with Gasteiger partial charge in [0.15, 0.2) is 5.78 Å². The van der Waals surface area contributed by atoms with Crippen molar-refractivity contribution in [3.05, 3.63) is 66.5 Å². The summed E-state index contributed by atoms with van der Waals surface area (Å²) >= 11 is 0. The van der Waals surface area contributed by atoms with Crippen molar-refractivity contribution in [2.75, 3.05) is 7.11 Å². The number of hydrogen-bond donors (Lipinski definition) is 0. The molecule has 1 aromatic rings. The number of carbonyl (C=O) groups excluding carboxylic acids is 2. The Morgan fingerprint density at radius 1 is 1.14 bits per heavy atom. The number of Topliss-reactive ketones (excluding diaryl/α,β-unsaturated/α-hetero) is 1. The van der Waals surface area contributed by atoms with Crippen LogP contribution in [0.5, 0.6) is 5.75 Å². The lowest BCUT2D eigenvalue weighted by atomic mass is 10.1. The second-order valence-electron chi connectivity index (χ2n) is 4.62. The third-order valence-electron chi connectivity index (χ3n) is 2.86. The van der Waals surface area contributed by atoms with E-state index in [1.165, 1.54) is 12.2 Å². The molecule has 0 saturated carbocycles. The molecule has 0 N–H and O–H groups in total. The Bertz CT molecular complexity index is 594. The molecule has 0 unspecified atom stereocenters. The summed E-state index contributed by atoms with van der Waals surface area (Å²) in [7, 11) is 1.55. The van der Waals surface area contributed by atoms with Crippen LogP contribution >= 0.6 is 0 Å². The van der Waals surface area contributed by atoms with Crippen LogP contribution < -0.4 is 4.74 Å². The Balaban J connectivity index is 2.58. The highest BCUT2D eigenvalue weighted by atomic mass is 16.5. The summed E-state index contributed by atoms with van der Waals surface area (Å²) in [6.07, 6.45) is 4.17. The number of rotatable bonds is 8. The van der Waals surface area contributed by atoms with Gasteiger partial charge in [0.2, 0.25) is 0 Å². The van der Waals surface area contributed by atoms with Crippen LogP contribution in [0.25, 0.3) is 0 Å². The summed E-state index contributed by atoms with van der Waals surface area (Å²) < 4.78 is 10.1. The first-order valence-electron chi connectivity index (χ1n) is 6.93. The first kappa shape index (κ1) is 17.4. The Labute approximate surface area is 130 Å². The molecule has 0 fully saturated rings. The first-order valence-corrected chi connectivity index (χ1v) is 6.93. The van der Waals surface area contributed by atoms with Crippen molar-refractivity contribution >= 4 is 11.8 Å². The van der Waals surface area contributed by atoms with E-state index in [-0.39, 0.29) is 11.5 Å². The predicted octanol–water partition coefficient (Wildman–Crippen LogP) is 3.85. The maximum atomic E-state index is 11.9. The smallest absolute Gasteiger partial charge is 0.343 e. The van der Waals surface area contributed by atoms with Crippen molar-refractivity contribution in [1.29, 1.82) is 0 Å². The molecule has 4 heteroatoms. The number of carbonyl (C=O) groups is 2. The van der Waals surface area contributed by atoms with E-state index < -0.39 is 5.97 Å². The van der Waals surface area contributed by atoms with E-state index >= 15 is 0 Å². The van der Waals surface area contributed by atoms with Crippen molar-refractivity contribution < 1.29 is 19.1 Å². The van der Waals surface area contributed by atoms with E-state index in [0.717, 1.165) is 6.42 Å². The summed E-state index contributed by atoms with van der Waals surface area (Å²) in [4.78, 5) is 23.4. The van der Waals surface area contributed by atoms with E-state index in [2.05, 4.69) is 13.2 Å². The normalized spacial score (nSPS) is 10.3. The topological polar surface area (TPSA) is 52.6 Å². The second kappa shape index (κ2) is 8.62. The average Bonchev–Trinajstić information content (AvgIpc) is 2.52. The van der Waals surface area contributed by atoms with Crippen LogP contribution in [-0.2, 0) is 9.53 Å². The fourth-order valence-corrected chi connectivity index (χ4v) is 1.61. The van der Waals surface area contributed by atoms with Crippen LogP contribution in [0.2, 0.25) is 0 Å². The van der Waals surface area contributed by atoms with E-state index in [1.54, 1.807) is 31.4 Å². The maximum absolute atomic E-state index is 11.9. The molecule has 1 aromatic carbocycles. The molecule has 0 aromatic heterocycles. The molecule has 0 atom stereocenters. The number of benzene rings is 1. The summed E-state index contributed by atoms with van der Waals surface area (Å²) in [5.41, 5.74) is 0.750. The van der Waals surface area contributed by atoms with Gasteiger partial charge in [-0.1, -0.05) is 20.1 Å². The maximum Gasteiger partial charge on any atom is 0.343 e. The minimum absolute atomic E-state index is 0.0342. The van der Waals surface area contributed by atoms with Gasteiger partial charge < -0.3 is 9.47 Å². The van der Waals surface area contributed by atoms with Crippen LogP contribution in [0.15, 0.2) is 60.9 Å². The van der Waals surface area contributed by atoms with Gasteiger partial charge in [-0.05, 0) is 42.8 Å². The predicted molar refractivity (Wildman–Crippen MR) is 85.7 cm³/mol. The molecule has 0 heterocycles. The van der Waals surface area contributed by atoms with Crippen LogP contribution in [-0.4, -0.2) is 18.9 Å². The molecule has 0 spiro atoms. The molecule has 0 bridgehead atoms. The fourth-order valence-electron chi connectivity index (χ4n) is 1.61. The zero-order valence-electron chi connectivity index (χ0n) is 12.9. The van der Waals surface area contributed by atoms with Gasteiger partial charge in [-0.3, -0.25) is 4.79 Å². The highest BCUT2D eigenvalue weighted by Crippen LogP contribution is 2.13. The summed E-state index contributed by atoms with van der Waals surface area (Å²) in [5.74, 6) is 0.239. The third-order valence-corrected chi connectivity index (χ3v) is 2.86. The Morgan fingerprint density at radius 2 is 1.77 bits per heavy atom. The van der Waals surface area contributed by atoms with E-state index in [4.69, 9.17) is 9.47 Å². The summed E-state index contributed by atoms with van der Waals surface area (Å²) in [6, 6.07) is 6.53. The van der Waals surface area contributed by atoms with E-state index in [1.807, 2.05) is 6.92 Å². The SMILES string of the molecule is C=C(/C=C\C(=C)C(=O)CCC)OC(=O)c1ccc(OC)cc1. The molecule has 0 aliphatic carbocycles. The van der Waals surface area contributed by atoms with Crippen LogP contribution in [0.3, 0.4) is 0 Å². The molecule has 0 saturated heterocycles. The van der Waals surface area contributed by atoms with Crippen LogP contribution in [0.1, 0.15) is 30.1 Å². The minimum atomic E-state index is -0.525. The lowest BCUT2D eigenvalue weighted by Crippen LogP contribution is -2.04. The molecule has 0 aliphatic rings. The van der Waals surface area contributed by atoms with Crippen molar-refractivity contribution in [3.63, 3.8) is 0 Å². The number of methoxy groups -OCH3 is 1. The van der Waals surface area contributed by atoms with Gasteiger partial charge in [-0.2, -0.15) is 0 Å². The highest BCUT2D eigenvalue weighted by Gasteiger charge is 2.08. The quantitative estimate of drug-likeness (QED) is 0.317. The van der Waals surface area contributed by atoms with E-state index in [9.17, 15) is 9.59 Å². The van der Waals surface area contributed by atoms with Crippen molar-refractivity contribution in [2.45, 2.75) is 19.8 Å². The van der Waals surface area contributed by atoms with Gasteiger partial charge in [0.1, 0.15) is 11.5 Å². The van der Waals surface area contributed by atoms with Crippen molar-refractivity contribution in [1.82, 2.24) is 0 Å². The summed E-state index contributed by atoms with van der Waals surface area (Å²) in [6.45, 7) is 9.22. The van der Waals surface area contributed by atoms with E-state index in [0.29, 0.717) is 23.3 Å². The lowest BCUT2D eigenvalue weighted by Gasteiger charge is -2.05. The molecule has 1 rings (SSSR count). The minimum Gasteiger partial charge on any atom is -0.497 e. The Morgan fingerprint density at radius 3 is 2.32 bits per heavy atom. The second-order valence-corrected chi connectivity index (χ2v) is 4.62. The average molecular weight is 300 g/mol. The number of allylic oxidation sites excluding steroid dienone is 3. The highest BCUT2D eigenvalue weighted by molar-refractivity contribution is 5.97. The number of ketones is 1. The van der Waals surface area contributed by atoms with Gasteiger partial charge >= 0.3 is 5.97 Å². The van der Waals surface area contributed by atoms with Gasteiger partial charge in [0.25, 0.3) is 0 Å². The molecule has 4 nitrogen and oxygen atoms in total. The first-order chi connectivity index (χ1) is 10.5. The number of esters is 1. The molecule has 0 aliphatic heterocycles. The standard InChI is InChI=1S/C18H20O4/c1-5-6-17(19)13(2)7-8-14(3)22-18(20)15-9-11-16(21-4)12-10-15/h7-12H,2-3,5-6H2,1,4H3/b8-7-. The summed E-state index contributed by atoms with van der Waals surface area (Å²) in [5, 5.41) is 0.